The minimum atomic E-state index is -1.00. The highest BCUT2D eigenvalue weighted by Crippen LogP contribution is 2.68. The van der Waals surface area contributed by atoms with E-state index in [-0.39, 0.29) is 35.9 Å². The maximum atomic E-state index is 13.0. The molecule has 4 heteroatoms. The molecule has 0 spiro atoms. The third-order valence-corrected chi connectivity index (χ3v) is 8.49. The topological polar surface area (TPSA) is 66.8 Å². The van der Waals surface area contributed by atoms with Crippen molar-refractivity contribution in [2.24, 2.45) is 34.0 Å². The first-order valence-electron chi connectivity index (χ1n) is 10.7. The van der Waals surface area contributed by atoms with Crippen molar-refractivity contribution >= 4 is 5.97 Å². The molecular formula is C23H38O4. The van der Waals surface area contributed by atoms with Gasteiger partial charge < -0.3 is 14.9 Å². The summed E-state index contributed by atoms with van der Waals surface area (Å²) in [5, 5.41) is 18.6. The average molecular weight is 379 g/mol. The van der Waals surface area contributed by atoms with Crippen LogP contribution in [0.1, 0.15) is 73.1 Å². The summed E-state index contributed by atoms with van der Waals surface area (Å²) in [7, 11) is 0. The zero-order valence-corrected chi connectivity index (χ0v) is 17.8. The van der Waals surface area contributed by atoms with Gasteiger partial charge in [-0.3, -0.25) is 4.79 Å². The second-order valence-corrected chi connectivity index (χ2v) is 10.6. The summed E-state index contributed by atoms with van der Waals surface area (Å²) in [5.41, 5.74) is 1.63. The number of hydrogen-bond acceptors (Lipinski definition) is 4. The minimum absolute atomic E-state index is 0.0985. The molecule has 3 aliphatic carbocycles. The Kier molecular flexibility index (Phi) is 5.55. The van der Waals surface area contributed by atoms with Crippen molar-refractivity contribution in [3.05, 3.63) is 11.6 Å². The quantitative estimate of drug-likeness (QED) is 0.571. The van der Waals surface area contributed by atoms with Gasteiger partial charge in [0.1, 0.15) is 12.7 Å². The van der Waals surface area contributed by atoms with Crippen LogP contribution in [-0.2, 0) is 9.53 Å². The summed E-state index contributed by atoms with van der Waals surface area (Å²) >= 11 is 0. The van der Waals surface area contributed by atoms with E-state index >= 15 is 0 Å². The second-order valence-electron chi connectivity index (χ2n) is 10.6. The number of allylic oxidation sites excluding steroid dienone is 1. The maximum absolute atomic E-state index is 13.0. The van der Waals surface area contributed by atoms with Crippen LogP contribution in [0.25, 0.3) is 0 Å². The second kappa shape index (κ2) is 7.18. The molecule has 6 unspecified atom stereocenters. The third-order valence-electron chi connectivity index (χ3n) is 8.49. The largest absolute Gasteiger partial charge is 0.462 e. The fourth-order valence-corrected chi connectivity index (χ4v) is 7.28. The van der Waals surface area contributed by atoms with Crippen molar-refractivity contribution in [1.29, 1.82) is 0 Å². The molecule has 0 aromatic rings. The molecule has 27 heavy (non-hydrogen) atoms. The summed E-state index contributed by atoms with van der Waals surface area (Å²) < 4.78 is 5.44. The monoisotopic (exact) mass is 378 g/mol. The number of aliphatic hydroxyl groups is 2. The molecule has 0 radical (unpaired) electrons. The van der Waals surface area contributed by atoms with Crippen LogP contribution < -0.4 is 0 Å². The fourth-order valence-electron chi connectivity index (χ4n) is 7.28. The Morgan fingerprint density at radius 1 is 1.19 bits per heavy atom. The van der Waals surface area contributed by atoms with Gasteiger partial charge in [-0.05, 0) is 67.1 Å². The third kappa shape index (κ3) is 3.37. The highest BCUT2D eigenvalue weighted by Gasteiger charge is 2.62. The number of carbonyl (C=O) groups excluding carboxylic acids is 1. The number of hydrogen-bond donors (Lipinski definition) is 2. The molecule has 6 atom stereocenters. The normalized spacial score (nSPS) is 41.7. The number of esters is 1. The predicted octanol–water partition coefficient (Wildman–Crippen LogP) is 4.10. The van der Waals surface area contributed by atoms with Crippen LogP contribution in [0.4, 0.5) is 0 Å². The molecule has 0 aromatic carbocycles. The number of fused-ring (bicyclic) bond motifs is 3. The number of aliphatic hydroxyl groups excluding tert-OH is 2. The summed E-state index contributed by atoms with van der Waals surface area (Å²) in [5.74, 6) is 0.703. The molecule has 154 valence electrons. The summed E-state index contributed by atoms with van der Waals surface area (Å²) in [6.07, 6.45) is 8.35. The van der Waals surface area contributed by atoms with E-state index < -0.39 is 6.10 Å². The first kappa shape index (κ1) is 20.9. The highest BCUT2D eigenvalue weighted by atomic mass is 16.5. The van der Waals surface area contributed by atoms with Gasteiger partial charge in [-0.2, -0.15) is 0 Å². The molecule has 0 amide bonds. The van der Waals surface area contributed by atoms with Gasteiger partial charge in [-0.1, -0.05) is 45.8 Å². The molecule has 2 N–H and O–H groups in total. The van der Waals surface area contributed by atoms with Gasteiger partial charge in [0, 0.05) is 0 Å². The zero-order chi connectivity index (χ0) is 20.0. The van der Waals surface area contributed by atoms with Crippen molar-refractivity contribution in [3.8, 4) is 0 Å². The lowest BCUT2D eigenvalue weighted by Gasteiger charge is -2.64. The van der Waals surface area contributed by atoms with Crippen LogP contribution >= 0.6 is 0 Å². The maximum Gasteiger partial charge on any atom is 0.313 e. The molecule has 0 heterocycles. The van der Waals surface area contributed by atoms with Crippen molar-refractivity contribution < 1.29 is 19.7 Å². The van der Waals surface area contributed by atoms with Gasteiger partial charge in [-0.25, -0.2) is 0 Å². The summed E-state index contributed by atoms with van der Waals surface area (Å²) in [4.78, 5) is 13.0. The van der Waals surface area contributed by atoms with Crippen LogP contribution in [0.15, 0.2) is 11.6 Å². The van der Waals surface area contributed by atoms with Gasteiger partial charge in [0.15, 0.2) is 0 Å². The van der Waals surface area contributed by atoms with Gasteiger partial charge in [0.05, 0.1) is 12.5 Å². The van der Waals surface area contributed by atoms with E-state index in [1.54, 1.807) is 0 Å². The fraction of sp³-hybridized carbons (Fsp3) is 0.870. The highest BCUT2D eigenvalue weighted by molar-refractivity contribution is 5.77. The lowest BCUT2D eigenvalue weighted by atomic mass is 9.40. The van der Waals surface area contributed by atoms with E-state index in [9.17, 15) is 9.90 Å². The standard InChI is InChI=1S/C23H38O4/c1-15-7-8-18-22(4)11-6-10-21(2,3)17(22)9-12-23(18,5)19(15)20(26)27-14-16(25)13-24/h7,16-19,24-25H,6,8-14H2,1-5H3. The molecule has 3 aliphatic rings. The van der Waals surface area contributed by atoms with E-state index in [2.05, 4.69) is 40.7 Å². The van der Waals surface area contributed by atoms with E-state index in [4.69, 9.17) is 9.84 Å². The Morgan fingerprint density at radius 3 is 2.56 bits per heavy atom. The molecule has 2 fully saturated rings. The first-order valence-corrected chi connectivity index (χ1v) is 10.7. The van der Waals surface area contributed by atoms with Crippen LogP contribution in [0.5, 0.6) is 0 Å². The molecular weight excluding hydrogens is 340 g/mol. The number of carbonyl (C=O) groups is 1. The van der Waals surface area contributed by atoms with Crippen LogP contribution in [0.3, 0.4) is 0 Å². The molecule has 0 saturated heterocycles. The van der Waals surface area contributed by atoms with Crippen LogP contribution in [-0.4, -0.2) is 35.5 Å². The average Bonchev–Trinajstić information content (AvgIpc) is 2.57. The Balaban J connectivity index is 1.90. The van der Waals surface area contributed by atoms with Crippen molar-refractivity contribution in [1.82, 2.24) is 0 Å². The smallest absolute Gasteiger partial charge is 0.313 e. The SMILES string of the molecule is CC1=CCC2C(C)(CCC3C(C)(C)CCCC32C)C1C(=O)OCC(O)CO. The zero-order valence-electron chi connectivity index (χ0n) is 17.8. The summed E-state index contributed by atoms with van der Waals surface area (Å²) in [6, 6.07) is 0. The van der Waals surface area contributed by atoms with E-state index in [0.29, 0.717) is 17.3 Å². The van der Waals surface area contributed by atoms with E-state index in [1.165, 1.54) is 25.7 Å². The van der Waals surface area contributed by atoms with Gasteiger partial charge in [0.2, 0.25) is 0 Å². The van der Waals surface area contributed by atoms with E-state index in [0.717, 1.165) is 18.4 Å². The first-order chi connectivity index (χ1) is 12.6. The molecule has 0 aromatic heterocycles. The lowest BCUT2D eigenvalue weighted by Crippen LogP contribution is -2.58. The number of rotatable bonds is 4. The van der Waals surface area contributed by atoms with Crippen molar-refractivity contribution in [3.63, 3.8) is 0 Å². The van der Waals surface area contributed by atoms with Gasteiger partial charge in [0.25, 0.3) is 0 Å². The Morgan fingerprint density at radius 2 is 1.89 bits per heavy atom. The van der Waals surface area contributed by atoms with Crippen molar-refractivity contribution in [2.45, 2.75) is 79.2 Å². The summed E-state index contributed by atoms with van der Waals surface area (Å²) in [6.45, 7) is 11.2. The molecule has 2 saturated carbocycles. The Hall–Kier alpha value is -0.870. The molecule has 3 rings (SSSR count). The van der Waals surface area contributed by atoms with Gasteiger partial charge in [-0.15, -0.1) is 0 Å². The number of ether oxygens (including phenoxy) is 1. The minimum Gasteiger partial charge on any atom is -0.462 e. The van der Waals surface area contributed by atoms with Crippen LogP contribution in [0.2, 0.25) is 0 Å². The Labute approximate surface area is 164 Å². The molecule has 4 nitrogen and oxygen atoms in total. The predicted molar refractivity (Wildman–Crippen MR) is 106 cm³/mol. The van der Waals surface area contributed by atoms with Crippen LogP contribution in [0, 0.1) is 34.0 Å². The Bertz CT molecular complexity index is 609. The lowest BCUT2D eigenvalue weighted by molar-refractivity contribution is -0.174. The van der Waals surface area contributed by atoms with E-state index in [1.807, 2.05) is 0 Å². The van der Waals surface area contributed by atoms with Gasteiger partial charge >= 0.3 is 5.97 Å². The van der Waals surface area contributed by atoms with Crippen molar-refractivity contribution in [2.75, 3.05) is 13.2 Å². The molecule has 0 aliphatic heterocycles. The molecule has 0 bridgehead atoms.